The number of ether oxygens (including phenoxy) is 2. The van der Waals surface area contributed by atoms with Crippen LogP contribution in [0.3, 0.4) is 0 Å². The van der Waals surface area contributed by atoms with E-state index in [0.29, 0.717) is 19.0 Å². The largest absolute Gasteiger partial charge is 0.497 e. The van der Waals surface area contributed by atoms with Crippen LogP contribution in [-0.4, -0.2) is 31.4 Å². The van der Waals surface area contributed by atoms with Crippen LogP contribution in [0.2, 0.25) is 0 Å². The fourth-order valence-corrected chi connectivity index (χ4v) is 1.90. The zero-order valence-corrected chi connectivity index (χ0v) is 9.05. The zero-order chi connectivity index (χ0) is 11.5. The van der Waals surface area contributed by atoms with Crippen LogP contribution in [0.5, 0.6) is 5.75 Å². The highest BCUT2D eigenvalue weighted by atomic mass is 16.5. The van der Waals surface area contributed by atoms with E-state index < -0.39 is 11.9 Å². The highest BCUT2D eigenvalue weighted by molar-refractivity contribution is 5.76. The van der Waals surface area contributed by atoms with E-state index in [-0.39, 0.29) is 5.92 Å². The average molecular weight is 222 g/mol. The van der Waals surface area contributed by atoms with E-state index in [2.05, 4.69) is 0 Å². The van der Waals surface area contributed by atoms with Crippen molar-refractivity contribution in [1.82, 2.24) is 0 Å². The highest BCUT2D eigenvalue weighted by Gasteiger charge is 2.34. The van der Waals surface area contributed by atoms with E-state index >= 15 is 0 Å². The molecule has 1 heterocycles. The molecule has 0 radical (unpaired) electrons. The average Bonchev–Trinajstić information content (AvgIpc) is 2.22. The molecule has 0 aliphatic carbocycles. The van der Waals surface area contributed by atoms with E-state index in [4.69, 9.17) is 9.47 Å². The monoisotopic (exact) mass is 222 g/mol. The van der Waals surface area contributed by atoms with E-state index in [1.807, 2.05) is 12.1 Å². The number of carboxylic acid groups (broad SMARTS) is 1. The third-order valence-electron chi connectivity index (χ3n) is 2.85. The van der Waals surface area contributed by atoms with Crippen molar-refractivity contribution < 1.29 is 19.4 Å². The first-order chi connectivity index (χ1) is 7.72. The molecule has 1 aromatic rings. The van der Waals surface area contributed by atoms with Crippen molar-refractivity contribution >= 4 is 5.97 Å². The van der Waals surface area contributed by atoms with Gasteiger partial charge in [0, 0.05) is 5.92 Å². The molecule has 1 aromatic carbocycles. The van der Waals surface area contributed by atoms with Crippen LogP contribution in [0, 0.1) is 5.92 Å². The lowest BCUT2D eigenvalue weighted by Crippen LogP contribution is -2.36. The summed E-state index contributed by atoms with van der Waals surface area (Å²) >= 11 is 0. The Bertz CT molecular complexity index is 384. The summed E-state index contributed by atoms with van der Waals surface area (Å²) in [5.74, 6) is -0.543. The second kappa shape index (κ2) is 4.53. The first-order valence-electron chi connectivity index (χ1n) is 5.17. The maximum atomic E-state index is 11.2. The van der Waals surface area contributed by atoms with Gasteiger partial charge in [0.25, 0.3) is 0 Å². The first kappa shape index (κ1) is 11.0. The smallest absolute Gasteiger partial charge is 0.311 e. The molecule has 0 spiro atoms. The van der Waals surface area contributed by atoms with Gasteiger partial charge in [0.05, 0.1) is 26.2 Å². The number of aliphatic carboxylic acids is 1. The van der Waals surface area contributed by atoms with Gasteiger partial charge >= 0.3 is 5.97 Å². The molecule has 2 rings (SSSR count). The summed E-state index contributed by atoms with van der Waals surface area (Å²) < 4.78 is 10.1. The molecule has 4 nitrogen and oxygen atoms in total. The Labute approximate surface area is 93.8 Å². The Hall–Kier alpha value is -1.55. The molecule has 1 saturated heterocycles. The topological polar surface area (TPSA) is 55.8 Å². The number of carboxylic acids is 1. The quantitative estimate of drug-likeness (QED) is 0.839. The molecule has 86 valence electrons. The Morgan fingerprint density at radius 2 is 2.31 bits per heavy atom. The predicted octanol–water partition coefficient (Wildman–Crippen LogP) is 1.51. The summed E-state index contributed by atoms with van der Waals surface area (Å²) in [5, 5.41) is 9.23. The summed E-state index contributed by atoms with van der Waals surface area (Å²) in [6.07, 6.45) is 0. The Kier molecular flexibility index (Phi) is 3.10. The summed E-state index contributed by atoms with van der Waals surface area (Å²) in [6.45, 7) is 1.04. The molecule has 0 aromatic heterocycles. The third kappa shape index (κ3) is 2.02. The van der Waals surface area contributed by atoms with Crippen LogP contribution >= 0.6 is 0 Å². The van der Waals surface area contributed by atoms with E-state index in [1.165, 1.54) is 0 Å². The van der Waals surface area contributed by atoms with Crippen LogP contribution < -0.4 is 4.74 Å². The summed E-state index contributed by atoms with van der Waals surface area (Å²) in [5.41, 5.74) is 0.778. The van der Waals surface area contributed by atoms with Crippen LogP contribution in [0.25, 0.3) is 0 Å². The van der Waals surface area contributed by atoms with Gasteiger partial charge in [-0.2, -0.15) is 0 Å². The number of carbonyl (C=O) groups is 1. The van der Waals surface area contributed by atoms with Gasteiger partial charge in [-0.15, -0.1) is 0 Å². The van der Waals surface area contributed by atoms with Gasteiger partial charge in [-0.1, -0.05) is 12.1 Å². The van der Waals surface area contributed by atoms with Crippen molar-refractivity contribution in [3.63, 3.8) is 0 Å². The minimum atomic E-state index is -0.804. The first-order valence-corrected chi connectivity index (χ1v) is 5.17. The van der Waals surface area contributed by atoms with Crippen molar-refractivity contribution in [3.8, 4) is 5.75 Å². The highest BCUT2D eigenvalue weighted by Crippen LogP contribution is 2.32. The Morgan fingerprint density at radius 1 is 1.56 bits per heavy atom. The van der Waals surface area contributed by atoms with Gasteiger partial charge in [-0.05, 0) is 17.7 Å². The standard InChI is InChI=1S/C12H14O4/c1-15-10-4-2-3-8(5-10)11(12(13)14)9-6-16-7-9/h2-5,9,11H,6-7H2,1H3,(H,13,14). The third-order valence-corrected chi connectivity index (χ3v) is 2.85. The zero-order valence-electron chi connectivity index (χ0n) is 9.05. The molecule has 1 aliphatic heterocycles. The van der Waals surface area contributed by atoms with Crippen molar-refractivity contribution in [1.29, 1.82) is 0 Å². The molecule has 1 atom stereocenters. The van der Waals surface area contributed by atoms with Crippen LogP contribution in [0.15, 0.2) is 24.3 Å². The van der Waals surface area contributed by atoms with Crippen molar-refractivity contribution in [2.45, 2.75) is 5.92 Å². The molecular formula is C12H14O4. The molecule has 1 aliphatic rings. The van der Waals surface area contributed by atoms with Crippen LogP contribution in [0.4, 0.5) is 0 Å². The van der Waals surface area contributed by atoms with Gasteiger partial charge in [-0.25, -0.2) is 0 Å². The van der Waals surface area contributed by atoms with Gasteiger partial charge in [-0.3, -0.25) is 4.79 Å². The van der Waals surface area contributed by atoms with Gasteiger partial charge in [0.15, 0.2) is 0 Å². The molecule has 0 bridgehead atoms. The second-order valence-electron chi connectivity index (χ2n) is 3.89. The Balaban J connectivity index is 2.26. The SMILES string of the molecule is COc1cccc(C(C(=O)O)C2COC2)c1. The molecular weight excluding hydrogens is 208 g/mol. The van der Waals surface area contributed by atoms with E-state index in [9.17, 15) is 9.90 Å². The lowest BCUT2D eigenvalue weighted by Gasteiger charge is -2.31. The maximum absolute atomic E-state index is 11.2. The van der Waals surface area contributed by atoms with E-state index in [1.54, 1.807) is 19.2 Å². The lowest BCUT2D eigenvalue weighted by atomic mass is 9.85. The molecule has 1 N–H and O–H groups in total. The minimum Gasteiger partial charge on any atom is -0.497 e. The van der Waals surface area contributed by atoms with Gasteiger partial charge in [0.2, 0.25) is 0 Å². The molecule has 4 heteroatoms. The van der Waals surface area contributed by atoms with Crippen LogP contribution in [0.1, 0.15) is 11.5 Å². The van der Waals surface area contributed by atoms with Crippen LogP contribution in [-0.2, 0) is 9.53 Å². The van der Waals surface area contributed by atoms with Gasteiger partial charge < -0.3 is 14.6 Å². The van der Waals surface area contributed by atoms with Crippen molar-refractivity contribution in [3.05, 3.63) is 29.8 Å². The maximum Gasteiger partial charge on any atom is 0.311 e. The van der Waals surface area contributed by atoms with Crippen molar-refractivity contribution in [2.24, 2.45) is 5.92 Å². The molecule has 1 fully saturated rings. The molecule has 0 saturated carbocycles. The fourth-order valence-electron chi connectivity index (χ4n) is 1.90. The fraction of sp³-hybridized carbons (Fsp3) is 0.417. The molecule has 0 amide bonds. The minimum absolute atomic E-state index is 0.0737. The normalized spacial score (nSPS) is 17.6. The number of hydrogen-bond donors (Lipinski definition) is 1. The van der Waals surface area contributed by atoms with E-state index in [0.717, 1.165) is 5.56 Å². The number of benzene rings is 1. The molecule has 1 unspecified atom stereocenters. The summed E-state index contributed by atoms with van der Waals surface area (Å²) in [6, 6.07) is 7.21. The molecule has 16 heavy (non-hydrogen) atoms. The number of methoxy groups -OCH3 is 1. The summed E-state index contributed by atoms with van der Waals surface area (Å²) in [4.78, 5) is 11.2. The summed E-state index contributed by atoms with van der Waals surface area (Å²) in [7, 11) is 1.57. The lowest BCUT2D eigenvalue weighted by molar-refractivity contribution is -0.146. The number of rotatable bonds is 4. The predicted molar refractivity (Wildman–Crippen MR) is 57.7 cm³/mol. The number of hydrogen-bond acceptors (Lipinski definition) is 3. The second-order valence-corrected chi connectivity index (χ2v) is 3.89. The Morgan fingerprint density at radius 3 is 2.81 bits per heavy atom. The van der Waals surface area contributed by atoms with Gasteiger partial charge in [0.1, 0.15) is 5.75 Å². The van der Waals surface area contributed by atoms with Crippen molar-refractivity contribution in [2.75, 3.05) is 20.3 Å².